The molecule has 0 fully saturated rings. The van der Waals surface area contributed by atoms with Gasteiger partial charge in [0.2, 0.25) is 0 Å². The first-order valence-corrected chi connectivity index (χ1v) is 10.2. The number of rotatable bonds is 9. The number of methoxy groups -OCH3 is 1. The maximum Gasteiger partial charge on any atom is 0.357 e. The highest BCUT2D eigenvalue weighted by molar-refractivity contribution is 7.54. The van der Waals surface area contributed by atoms with E-state index in [1.807, 2.05) is 64.1 Å². The van der Waals surface area contributed by atoms with Gasteiger partial charge in [-0.1, -0.05) is 24.3 Å². The van der Waals surface area contributed by atoms with Crippen LogP contribution in [0.15, 0.2) is 48.7 Å². The van der Waals surface area contributed by atoms with Crippen LogP contribution < -0.4 is 10.1 Å². The highest BCUT2D eigenvalue weighted by Crippen LogP contribution is 2.63. The fourth-order valence-electron chi connectivity index (χ4n) is 2.54. The van der Waals surface area contributed by atoms with Gasteiger partial charge in [-0.25, -0.2) is 4.98 Å². The summed E-state index contributed by atoms with van der Waals surface area (Å²) in [5.41, 5.74) is 0.685. The molecule has 1 aromatic heterocycles. The molecule has 6 nitrogen and oxygen atoms in total. The molecule has 1 heterocycles. The molecule has 0 spiro atoms. The molecule has 0 aliphatic heterocycles. The summed E-state index contributed by atoms with van der Waals surface area (Å²) in [6.07, 6.45) is 1.11. The predicted molar refractivity (Wildman–Crippen MR) is 104 cm³/mol. The minimum absolute atomic E-state index is 0.276. The van der Waals surface area contributed by atoms with Gasteiger partial charge >= 0.3 is 7.60 Å². The van der Waals surface area contributed by atoms with Crippen molar-refractivity contribution < 1.29 is 18.3 Å². The zero-order valence-corrected chi connectivity index (χ0v) is 16.8. The molecule has 1 aromatic carbocycles. The number of benzene rings is 1. The third-order valence-electron chi connectivity index (χ3n) is 3.41. The molecule has 26 heavy (non-hydrogen) atoms. The van der Waals surface area contributed by atoms with E-state index < -0.39 is 13.4 Å². The molecule has 1 N–H and O–H groups in total. The van der Waals surface area contributed by atoms with Crippen LogP contribution in [0.5, 0.6) is 5.75 Å². The number of para-hydroxylation sites is 1. The van der Waals surface area contributed by atoms with E-state index in [9.17, 15) is 4.57 Å². The lowest BCUT2D eigenvalue weighted by atomic mass is 10.2. The maximum atomic E-state index is 13.8. The lowest BCUT2D eigenvalue weighted by Gasteiger charge is -2.31. The van der Waals surface area contributed by atoms with Crippen molar-refractivity contribution in [2.45, 2.75) is 45.7 Å². The predicted octanol–water partition coefficient (Wildman–Crippen LogP) is 5.24. The number of aromatic nitrogens is 1. The summed E-state index contributed by atoms with van der Waals surface area (Å²) in [5.74, 6) is 0.405. The Bertz CT molecular complexity index is 723. The lowest BCUT2D eigenvalue weighted by Crippen LogP contribution is -2.20. The zero-order chi connectivity index (χ0) is 19.2. The minimum atomic E-state index is -3.60. The number of nitrogens with one attached hydrogen (secondary N) is 1. The zero-order valence-electron chi connectivity index (χ0n) is 15.9. The smallest absolute Gasteiger partial charge is 0.357 e. The topological polar surface area (TPSA) is 69.7 Å². The molecule has 0 saturated carbocycles. The van der Waals surface area contributed by atoms with Crippen molar-refractivity contribution in [1.29, 1.82) is 0 Å². The van der Waals surface area contributed by atoms with Crippen molar-refractivity contribution in [2.75, 3.05) is 12.4 Å². The Kier molecular flexibility index (Phi) is 7.21. The molecule has 0 radical (unpaired) electrons. The van der Waals surface area contributed by atoms with E-state index in [-0.39, 0.29) is 12.2 Å². The second kappa shape index (κ2) is 9.17. The molecular formula is C19H27N2O4P. The summed E-state index contributed by atoms with van der Waals surface area (Å²) in [6, 6.07) is 12.9. The van der Waals surface area contributed by atoms with E-state index in [4.69, 9.17) is 13.8 Å². The number of ether oxygens (including phenoxy) is 1. The van der Waals surface area contributed by atoms with E-state index in [2.05, 4.69) is 10.3 Å². The molecule has 0 aliphatic rings. The van der Waals surface area contributed by atoms with Crippen LogP contribution in [0.4, 0.5) is 5.82 Å². The maximum absolute atomic E-state index is 13.8. The van der Waals surface area contributed by atoms with Crippen molar-refractivity contribution in [3.63, 3.8) is 0 Å². The molecule has 2 aromatic rings. The van der Waals surface area contributed by atoms with Crippen LogP contribution >= 0.6 is 7.60 Å². The summed E-state index contributed by atoms with van der Waals surface area (Å²) in [6.45, 7) is 7.32. The third kappa shape index (κ3) is 5.31. The van der Waals surface area contributed by atoms with Crippen molar-refractivity contribution in [2.24, 2.45) is 0 Å². The van der Waals surface area contributed by atoms with Gasteiger partial charge in [-0.2, -0.15) is 0 Å². The second-order valence-electron chi connectivity index (χ2n) is 6.35. The van der Waals surface area contributed by atoms with Crippen molar-refractivity contribution in [3.05, 3.63) is 54.2 Å². The van der Waals surface area contributed by atoms with Crippen molar-refractivity contribution >= 4 is 13.4 Å². The molecule has 2 rings (SSSR count). The summed E-state index contributed by atoms with van der Waals surface area (Å²) in [4.78, 5) is 4.29. The van der Waals surface area contributed by atoms with Gasteiger partial charge in [0.15, 0.2) is 5.78 Å². The van der Waals surface area contributed by atoms with Gasteiger partial charge in [-0.15, -0.1) is 0 Å². The first-order chi connectivity index (χ1) is 12.4. The number of nitrogens with zero attached hydrogens (tertiary/aromatic N) is 1. The van der Waals surface area contributed by atoms with Crippen LogP contribution in [0.3, 0.4) is 0 Å². The van der Waals surface area contributed by atoms with Gasteiger partial charge in [0.1, 0.15) is 11.6 Å². The average Bonchev–Trinajstić information content (AvgIpc) is 2.59. The first kappa shape index (κ1) is 20.4. The fraction of sp³-hybridized carbons (Fsp3) is 0.421. The molecule has 0 amide bonds. The van der Waals surface area contributed by atoms with Crippen molar-refractivity contribution in [3.8, 4) is 5.75 Å². The fourth-order valence-corrected chi connectivity index (χ4v) is 4.85. The first-order valence-electron chi connectivity index (χ1n) is 8.62. The molecule has 142 valence electrons. The Morgan fingerprint density at radius 3 is 2.12 bits per heavy atom. The van der Waals surface area contributed by atoms with Gasteiger partial charge in [-0.05, 0) is 45.9 Å². The molecule has 7 heteroatoms. The summed E-state index contributed by atoms with van der Waals surface area (Å²) >= 11 is 0. The molecule has 0 aliphatic carbocycles. The highest BCUT2D eigenvalue weighted by Gasteiger charge is 2.41. The van der Waals surface area contributed by atoms with Crippen LogP contribution in [0.25, 0.3) is 0 Å². The van der Waals surface area contributed by atoms with E-state index in [0.29, 0.717) is 17.1 Å². The number of anilines is 1. The second-order valence-corrected chi connectivity index (χ2v) is 8.37. The summed E-state index contributed by atoms with van der Waals surface area (Å²) in [5, 5.41) is 3.22. The molecule has 0 unspecified atom stereocenters. The molecule has 0 bridgehead atoms. The van der Waals surface area contributed by atoms with E-state index in [0.717, 1.165) is 0 Å². The number of hydrogen-bond acceptors (Lipinski definition) is 6. The van der Waals surface area contributed by atoms with Crippen LogP contribution in [0, 0.1) is 0 Å². The Balaban J connectivity index is 2.54. The van der Waals surface area contributed by atoms with E-state index >= 15 is 0 Å². The minimum Gasteiger partial charge on any atom is -0.496 e. The standard InChI is InChI=1S/C19H27N2O4P/c1-14(2)24-26(22,25-15(3)4)19(21-18-12-8-9-13-20-18)16-10-6-7-11-17(16)23-5/h6-15,19H,1-5H3,(H,20,21)/t19-/m1/s1. The largest absolute Gasteiger partial charge is 0.496 e. The van der Waals surface area contributed by atoms with Crippen LogP contribution in [-0.4, -0.2) is 24.3 Å². The molecule has 0 saturated heterocycles. The van der Waals surface area contributed by atoms with Gasteiger partial charge in [0, 0.05) is 11.8 Å². The van der Waals surface area contributed by atoms with Crippen molar-refractivity contribution in [1.82, 2.24) is 4.98 Å². The van der Waals surface area contributed by atoms with Gasteiger partial charge in [0.25, 0.3) is 0 Å². The highest BCUT2D eigenvalue weighted by atomic mass is 31.2. The molecular weight excluding hydrogens is 351 g/mol. The van der Waals surface area contributed by atoms with Crippen LogP contribution in [-0.2, 0) is 13.6 Å². The van der Waals surface area contributed by atoms with Gasteiger partial charge in [0.05, 0.1) is 19.3 Å². The average molecular weight is 378 g/mol. The monoisotopic (exact) mass is 378 g/mol. The number of hydrogen-bond donors (Lipinski definition) is 1. The van der Waals surface area contributed by atoms with E-state index in [1.165, 1.54) is 0 Å². The Hall–Kier alpha value is -1.88. The summed E-state index contributed by atoms with van der Waals surface area (Å²) in [7, 11) is -2.02. The Labute approximate surface area is 155 Å². The Morgan fingerprint density at radius 1 is 0.962 bits per heavy atom. The van der Waals surface area contributed by atoms with Crippen LogP contribution in [0.2, 0.25) is 0 Å². The van der Waals surface area contributed by atoms with Crippen LogP contribution in [0.1, 0.15) is 39.0 Å². The van der Waals surface area contributed by atoms with Gasteiger partial charge < -0.3 is 19.1 Å². The SMILES string of the molecule is COc1ccccc1[C@H](Nc1ccccn1)P(=O)(OC(C)C)OC(C)C. The number of pyridine rings is 1. The quantitative estimate of drug-likeness (QED) is 0.602. The lowest BCUT2D eigenvalue weighted by molar-refractivity contribution is 0.137. The van der Waals surface area contributed by atoms with E-state index in [1.54, 1.807) is 19.4 Å². The Morgan fingerprint density at radius 2 is 1.58 bits per heavy atom. The normalized spacial score (nSPS) is 13.0. The van der Waals surface area contributed by atoms with Gasteiger partial charge in [-0.3, -0.25) is 4.57 Å². The summed E-state index contributed by atoms with van der Waals surface area (Å²) < 4.78 is 30.9. The third-order valence-corrected chi connectivity index (χ3v) is 5.89. The molecule has 1 atom stereocenters.